The molecule has 0 unspecified atom stereocenters. The van der Waals surface area contributed by atoms with E-state index in [1.54, 1.807) is 11.3 Å². The summed E-state index contributed by atoms with van der Waals surface area (Å²) in [6.45, 7) is 6.65. The molecule has 4 aromatic rings. The lowest BCUT2D eigenvalue weighted by molar-refractivity contribution is 0.0951. The third kappa shape index (κ3) is 4.30. The van der Waals surface area contributed by atoms with E-state index in [2.05, 4.69) is 41.0 Å². The second-order valence-corrected chi connectivity index (χ2v) is 8.58. The average Bonchev–Trinajstić information content (AvgIpc) is 3.40. The largest absolute Gasteiger partial charge is 0.383 e. The van der Waals surface area contributed by atoms with Gasteiger partial charge in [-0.25, -0.2) is 9.97 Å². The number of rotatable bonds is 4. The Labute approximate surface area is 185 Å². The van der Waals surface area contributed by atoms with Crippen LogP contribution in [0.4, 0.5) is 5.82 Å². The summed E-state index contributed by atoms with van der Waals surface area (Å²) in [6, 6.07) is 9.75. The summed E-state index contributed by atoms with van der Waals surface area (Å²) in [6.07, 6.45) is 3.43. The predicted octanol–water partition coefficient (Wildman–Crippen LogP) is 4.29. The van der Waals surface area contributed by atoms with E-state index in [4.69, 9.17) is 5.73 Å². The molecular formula is C24H23N5OS. The highest BCUT2D eigenvalue weighted by Crippen LogP contribution is 2.26. The van der Waals surface area contributed by atoms with Crippen molar-refractivity contribution >= 4 is 34.1 Å². The summed E-state index contributed by atoms with van der Waals surface area (Å²) in [5.41, 5.74) is 10.0. The Kier molecular flexibility index (Phi) is 5.74. The van der Waals surface area contributed by atoms with Gasteiger partial charge in [0.05, 0.1) is 17.5 Å². The third-order valence-corrected chi connectivity index (χ3v) is 5.91. The first-order chi connectivity index (χ1) is 14.9. The molecule has 1 aromatic carbocycles. The quantitative estimate of drug-likeness (QED) is 0.474. The minimum atomic E-state index is -0.120. The number of carbonyl (C=O) groups excluding carboxylic acids is 1. The van der Waals surface area contributed by atoms with Crippen molar-refractivity contribution in [3.8, 4) is 11.8 Å². The summed E-state index contributed by atoms with van der Waals surface area (Å²) in [7, 11) is 0. The fraction of sp³-hybridized carbons (Fsp3) is 0.208. The SMILES string of the molecule is Cc1ccc(C(=O)NCc2cccs2)cc1C#Cc1cn(C(C)C)c2ncnc(N)c12. The van der Waals surface area contributed by atoms with E-state index in [0.29, 0.717) is 17.9 Å². The Balaban J connectivity index is 1.65. The van der Waals surface area contributed by atoms with E-state index in [1.807, 2.05) is 53.4 Å². The zero-order valence-electron chi connectivity index (χ0n) is 17.6. The molecule has 4 rings (SSSR count). The number of amides is 1. The van der Waals surface area contributed by atoms with Crippen molar-refractivity contribution < 1.29 is 4.79 Å². The fourth-order valence-electron chi connectivity index (χ4n) is 3.31. The van der Waals surface area contributed by atoms with Gasteiger partial charge in [0.15, 0.2) is 0 Å². The van der Waals surface area contributed by atoms with Crippen molar-refractivity contribution in [3.05, 3.63) is 75.4 Å². The van der Waals surface area contributed by atoms with Gasteiger partial charge < -0.3 is 15.6 Å². The lowest BCUT2D eigenvalue weighted by atomic mass is 10.0. The molecule has 0 spiro atoms. The van der Waals surface area contributed by atoms with Crippen molar-refractivity contribution in [1.29, 1.82) is 0 Å². The van der Waals surface area contributed by atoms with Gasteiger partial charge in [-0.2, -0.15) is 0 Å². The molecule has 1 amide bonds. The van der Waals surface area contributed by atoms with Gasteiger partial charge in [-0.05, 0) is 49.9 Å². The first kappa shape index (κ1) is 20.6. The first-order valence-electron chi connectivity index (χ1n) is 9.98. The van der Waals surface area contributed by atoms with Crippen molar-refractivity contribution in [1.82, 2.24) is 19.9 Å². The molecule has 0 radical (unpaired) electrons. The van der Waals surface area contributed by atoms with Crippen LogP contribution in [0.3, 0.4) is 0 Å². The van der Waals surface area contributed by atoms with Crippen LogP contribution >= 0.6 is 11.3 Å². The number of nitrogen functional groups attached to an aromatic ring is 1. The first-order valence-corrected chi connectivity index (χ1v) is 10.9. The van der Waals surface area contributed by atoms with Crippen molar-refractivity contribution in [2.75, 3.05) is 5.73 Å². The highest BCUT2D eigenvalue weighted by atomic mass is 32.1. The number of carbonyl (C=O) groups is 1. The maximum absolute atomic E-state index is 12.6. The number of nitrogens with zero attached hydrogens (tertiary/aromatic N) is 3. The molecule has 3 N–H and O–H groups in total. The normalized spacial score (nSPS) is 10.8. The summed E-state index contributed by atoms with van der Waals surface area (Å²) in [5, 5.41) is 5.71. The highest BCUT2D eigenvalue weighted by molar-refractivity contribution is 7.09. The van der Waals surface area contributed by atoms with E-state index < -0.39 is 0 Å². The van der Waals surface area contributed by atoms with Gasteiger partial charge in [0, 0.05) is 28.2 Å². The summed E-state index contributed by atoms with van der Waals surface area (Å²) in [5.74, 6) is 6.72. The van der Waals surface area contributed by atoms with Gasteiger partial charge in [-0.3, -0.25) is 4.79 Å². The van der Waals surface area contributed by atoms with Gasteiger partial charge >= 0.3 is 0 Å². The van der Waals surface area contributed by atoms with Crippen LogP contribution in [0.2, 0.25) is 0 Å². The molecule has 3 heterocycles. The molecule has 0 saturated carbocycles. The number of aryl methyl sites for hydroxylation is 1. The average molecular weight is 430 g/mol. The number of thiophene rings is 1. The Morgan fingerprint density at radius 2 is 2.03 bits per heavy atom. The van der Waals surface area contributed by atoms with Gasteiger partial charge in [-0.1, -0.05) is 24.0 Å². The molecule has 0 atom stereocenters. The Bertz CT molecular complexity index is 1310. The maximum atomic E-state index is 12.6. The molecule has 3 aromatic heterocycles. The zero-order chi connectivity index (χ0) is 22.0. The molecule has 0 aliphatic carbocycles. The zero-order valence-corrected chi connectivity index (χ0v) is 18.5. The van der Waals surface area contributed by atoms with Crippen molar-refractivity contribution in [2.24, 2.45) is 0 Å². The topological polar surface area (TPSA) is 85.8 Å². The second kappa shape index (κ2) is 8.62. The fourth-order valence-corrected chi connectivity index (χ4v) is 3.96. The molecule has 0 fully saturated rings. The van der Waals surface area contributed by atoms with Crippen LogP contribution in [0.1, 0.15) is 51.8 Å². The summed E-state index contributed by atoms with van der Waals surface area (Å²) >= 11 is 1.62. The van der Waals surface area contributed by atoms with Crippen LogP contribution in [-0.4, -0.2) is 20.4 Å². The van der Waals surface area contributed by atoms with Gasteiger partial charge in [0.2, 0.25) is 0 Å². The standard InChI is InChI=1S/C24H23N5OS/c1-15(2)29-13-19(21-22(25)27-14-28-23(21)29)9-8-17-11-18(7-6-16(17)3)24(30)26-12-20-5-4-10-31-20/h4-7,10-11,13-15H,12H2,1-3H3,(H,26,30)(H2,25,27,28). The van der Waals surface area contributed by atoms with Crippen LogP contribution in [0.5, 0.6) is 0 Å². The maximum Gasteiger partial charge on any atom is 0.251 e. The highest BCUT2D eigenvalue weighted by Gasteiger charge is 2.14. The lowest BCUT2D eigenvalue weighted by Crippen LogP contribution is -2.22. The van der Waals surface area contributed by atoms with Gasteiger partial charge in [0.25, 0.3) is 5.91 Å². The van der Waals surface area contributed by atoms with Crippen LogP contribution in [0.25, 0.3) is 11.0 Å². The number of nitrogens with two attached hydrogens (primary N) is 1. The second-order valence-electron chi connectivity index (χ2n) is 7.54. The summed E-state index contributed by atoms with van der Waals surface area (Å²) in [4.78, 5) is 22.2. The van der Waals surface area contributed by atoms with Crippen LogP contribution < -0.4 is 11.1 Å². The van der Waals surface area contributed by atoms with E-state index in [-0.39, 0.29) is 11.9 Å². The molecule has 0 saturated heterocycles. The number of hydrogen-bond acceptors (Lipinski definition) is 5. The molecular weight excluding hydrogens is 406 g/mol. The smallest absolute Gasteiger partial charge is 0.251 e. The molecule has 156 valence electrons. The van der Waals surface area contributed by atoms with E-state index in [1.165, 1.54) is 6.33 Å². The van der Waals surface area contributed by atoms with E-state index >= 15 is 0 Å². The van der Waals surface area contributed by atoms with Crippen LogP contribution in [0.15, 0.2) is 48.2 Å². The number of nitrogens with one attached hydrogen (secondary N) is 1. The Hall–Kier alpha value is -3.63. The van der Waals surface area contributed by atoms with E-state index in [9.17, 15) is 4.79 Å². The molecule has 0 aliphatic rings. The molecule has 0 bridgehead atoms. The number of anilines is 1. The summed E-state index contributed by atoms with van der Waals surface area (Å²) < 4.78 is 2.04. The molecule has 0 aliphatic heterocycles. The number of hydrogen-bond donors (Lipinski definition) is 2. The molecule has 6 nitrogen and oxygen atoms in total. The van der Waals surface area contributed by atoms with Crippen molar-refractivity contribution in [2.45, 2.75) is 33.4 Å². The minimum Gasteiger partial charge on any atom is -0.383 e. The van der Waals surface area contributed by atoms with Gasteiger partial charge in [-0.15, -0.1) is 11.3 Å². The van der Waals surface area contributed by atoms with Crippen molar-refractivity contribution in [3.63, 3.8) is 0 Å². The monoisotopic (exact) mass is 429 g/mol. The molecule has 31 heavy (non-hydrogen) atoms. The van der Waals surface area contributed by atoms with Crippen LogP contribution in [-0.2, 0) is 6.54 Å². The predicted molar refractivity (Wildman–Crippen MR) is 125 cm³/mol. The lowest BCUT2D eigenvalue weighted by Gasteiger charge is -2.07. The number of benzene rings is 1. The number of fused-ring (bicyclic) bond motifs is 1. The third-order valence-electron chi connectivity index (χ3n) is 5.03. The Morgan fingerprint density at radius 1 is 1.23 bits per heavy atom. The molecule has 7 heteroatoms. The number of aromatic nitrogens is 3. The van der Waals surface area contributed by atoms with Crippen LogP contribution in [0, 0.1) is 18.8 Å². The Morgan fingerprint density at radius 3 is 2.77 bits per heavy atom. The van der Waals surface area contributed by atoms with Gasteiger partial charge in [0.1, 0.15) is 17.8 Å². The minimum absolute atomic E-state index is 0.120. The van der Waals surface area contributed by atoms with E-state index in [0.717, 1.165) is 32.6 Å².